The minimum Gasteiger partial charge on any atom is -0.494 e. The number of esters is 1. The van der Waals surface area contributed by atoms with E-state index in [0.717, 1.165) is 12.2 Å². The number of amides is 1. The van der Waals surface area contributed by atoms with Crippen LogP contribution in [-0.2, 0) is 14.9 Å². The van der Waals surface area contributed by atoms with Gasteiger partial charge in [-0.15, -0.1) is 0 Å². The number of fused-ring (bicyclic) bond motifs is 1. The maximum Gasteiger partial charge on any atom is 0.349 e. The fraction of sp³-hybridized carbons (Fsp3) is 0.393. The molecule has 0 fully saturated rings. The highest BCUT2D eigenvalue weighted by molar-refractivity contribution is 5.96. The highest BCUT2D eigenvalue weighted by Crippen LogP contribution is 2.28. The Morgan fingerprint density at radius 3 is 2.49 bits per heavy atom. The quantitative estimate of drug-likeness (QED) is 0.223. The van der Waals surface area contributed by atoms with Crippen molar-refractivity contribution < 1.29 is 23.5 Å². The van der Waals surface area contributed by atoms with Crippen LogP contribution in [0.25, 0.3) is 11.0 Å². The fourth-order valence-electron chi connectivity index (χ4n) is 3.46. The van der Waals surface area contributed by atoms with Gasteiger partial charge in [-0.2, -0.15) is 0 Å². The number of para-hydroxylation sites is 1. The van der Waals surface area contributed by atoms with Crippen molar-refractivity contribution in [2.24, 2.45) is 0 Å². The molecule has 0 unspecified atom stereocenters. The van der Waals surface area contributed by atoms with Gasteiger partial charge in [0.2, 0.25) is 0 Å². The van der Waals surface area contributed by atoms with Crippen molar-refractivity contribution in [1.29, 1.82) is 0 Å². The lowest BCUT2D eigenvalue weighted by Crippen LogP contribution is -2.29. The number of rotatable bonds is 12. The average molecular weight is 480 g/mol. The monoisotopic (exact) mass is 479 g/mol. The molecule has 35 heavy (non-hydrogen) atoms. The van der Waals surface area contributed by atoms with Crippen LogP contribution in [0.4, 0.5) is 0 Å². The Hall–Kier alpha value is -3.61. The van der Waals surface area contributed by atoms with Crippen molar-refractivity contribution in [2.45, 2.75) is 51.9 Å². The minimum absolute atomic E-state index is 0.0515. The van der Waals surface area contributed by atoms with E-state index < -0.39 is 11.5 Å². The highest BCUT2D eigenvalue weighted by Gasteiger charge is 2.17. The summed E-state index contributed by atoms with van der Waals surface area (Å²) in [5.41, 5.74) is 1.10. The van der Waals surface area contributed by atoms with Gasteiger partial charge in [-0.05, 0) is 54.5 Å². The number of hydrogen-bond donors (Lipinski definition) is 1. The van der Waals surface area contributed by atoms with Crippen molar-refractivity contribution in [1.82, 2.24) is 5.32 Å². The lowest BCUT2D eigenvalue weighted by Gasteiger charge is -2.23. The predicted octanol–water partition coefficient (Wildman–Crippen LogP) is 5.00. The standard InChI is InChI=1S/C28H33NO6/c1-4-28(2,3)21-12-14-22(15-13-21)33-17-7-11-25(30)34-18-8-16-29-26(31)23-19-20-9-5-6-10-24(20)35-27(23)32/h5-6,9-10,12-15,19H,4,7-8,11,16-18H2,1-3H3,(H,29,31). The molecule has 0 spiro atoms. The molecule has 0 aliphatic carbocycles. The summed E-state index contributed by atoms with van der Waals surface area (Å²) in [6.07, 6.45) is 2.30. The Labute approximate surface area is 205 Å². The van der Waals surface area contributed by atoms with Gasteiger partial charge >= 0.3 is 11.6 Å². The first-order valence-electron chi connectivity index (χ1n) is 12.0. The molecule has 3 rings (SSSR count). The van der Waals surface area contributed by atoms with Crippen LogP contribution in [0.5, 0.6) is 5.75 Å². The van der Waals surface area contributed by atoms with Gasteiger partial charge in [0.1, 0.15) is 16.9 Å². The van der Waals surface area contributed by atoms with Crippen LogP contribution < -0.4 is 15.7 Å². The number of hydrogen-bond acceptors (Lipinski definition) is 6. The van der Waals surface area contributed by atoms with Gasteiger partial charge in [0.15, 0.2) is 0 Å². The maximum absolute atomic E-state index is 12.3. The number of carbonyl (C=O) groups is 2. The Bertz CT molecular complexity index is 1200. The van der Waals surface area contributed by atoms with E-state index in [1.807, 2.05) is 12.1 Å². The van der Waals surface area contributed by atoms with E-state index in [0.29, 0.717) is 30.4 Å². The molecule has 1 heterocycles. The fourth-order valence-corrected chi connectivity index (χ4v) is 3.46. The molecule has 7 heteroatoms. The largest absolute Gasteiger partial charge is 0.494 e. The number of nitrogens with one attached hydrogen (secondary N) is 1. The van der Waals surface area contributed by atoms with E-state index in [9.17, 15) is 14.4 Å². The van der Waals surface area contributed by atoms with Crippen molar-refractivity contribution in [3.63, 3.8) is 0 Å². The van der Waals surface area contributed by atoms with Crippen molar-refractivity contribution in [2.75, 3.05) is 19.8 Å². The van der Waals surface area contributed by atoms with Crippen LogP contribution in [0.2, 0.25) is 0 Å². The van der Waals surface area contributed by atoms with Crippen molar-refractivity contribution in [3.05, 3.63) is 76.1 Å². The van der Waals surface area contributed by atoms with Gasteiger partial charge in [-0.1, -0.05) is 51.1 Å². The summed E-state index contributed by atoms with van der Waals surface area (Å²) in [5, 5.41) is 3.33. The zero-order valence-electron chi connectivity index (χ0n) is 20.6. The number of ether oxygens (including phenoxy) is 2. The summed E-state index contributed by atoms with van der Waals surface area (Å²) in [6.45, 7) is 7.48. The van der Waals surface area contributed by atoms with Crippen LogP contribution in [0.15, 0.2) is 63.8 Å². The van der Waals surface area contributed by atoms with E-state index in [2.05, 4.69) is 38.2 Å². The van der Waals surface area contributed by atoms with E-state index in [-0.39, 0.29) is 36.5 Å². The molecular weight excluding hydrogens is 446 g/mol. The first-order valence-corrected chi connectivity index (χ1v) is 12.0. The molecular formula is C28H33NO6. The molecule has 7 nitrogen and oxygen atoms in total. The third-order valence-corrected chi connectivity index (χ3v) is 6.07. The molecule has 1 N–H and O–H groups in total. The molecule has 0 atom stereocenters. The second-order valence-corrected chi connectivity index (χ2v) is 9.03. The minimum atomic E-state index is -0.685. The Kier molecular flexibility index (Phi) is 9.06. The maximum atomic E-state index is 12.3. The zero-order valence-corrected chi connectivity index (χ0v) is 20.6. The molecule has 0 saturated heterocycles. The molecule has 0 aliphatic rings. The summed E-state index contributed by atoms with van der Waals surface area (Å²) in [5.74, 6) is -0.0420. The lowest BCUT2D eigenvalue weighted by molar-refractivity contribution is -0.143. The normalized spacial score (nSPS) is 11.3. The number of carbonyl (C=O) groups excluding carboxylic acids is 2. The lowest BCUT2D eigenvalue weighted by atomic mass is 9.82. The van der Waals surface area contributed by atoms with E-state index in [1.165, 1.54) is 11.6 Å². The SMILES string of the molecule is CCC(C)(C)c1ccc(OCCCC(=O)OCCCNC(=O)c2cc3ccccc3oc2=O)cc1. The Morgan fingerprint density at radius 2 is 1.74 bits per heavy atom. The van der Waals surface area contributed by atoms with Crippen LogP contribution in [0, 0.1) is 0 Å². The molecule has 0 saturated carbocycles. The van der Waals surface area contributed by atoms with E-state index in [1.54, 1.807) is 24.3 Å². The predicted molar refractivity (Wildman–Crippen MR) is 135 cm³/mol. The third kappa shape index (κ3) is 7.44. The van der Waals surface area contributed by atoms with Crippen molar-refractivity contribution in [3.8, 4) is 5.75 Å². The second-order valence-electron chi connectivity index (χ2n) is 9.03. The van der Waals surface area contributed by atoms with Gasteiger partial charge < -0.3 is 19.2 Å². The first-order chi connectivity index (χ1) is 16.8. The van der Waals surface area contributed by atoms with Gasteiger partial charge in [0.25, 0.3) is 5.91 Å². The van der Waals surface area contributed by atoms with Gasteiger partial charge in [-0.25, -0.2) is 4.79 Å². The summed E-state index contributed by atoms with van der Waals surface area (Å²) >= 11 is 0. The Balaban J connectivity index is 1.29. The summed E-state index contributed by atoms with van der Waals surface area (Å²) < 4.78 is 16.1. The smallest absolute Gasteiger partial charge is 0.349 e. The summed E-state index contributed by atoms with van der Waals surface area (Å²) in [4.78, 5) is 36.2. The van der Waals surface area contributed by atoms with Crippen molar-refractivity contribution >= 4 is 22.8 Å². The summed E-state index contributed by atoms with van der Waals surface area (Å²) in [6, 6.07) is 16.6. The van der Waals surface area contributed by atoms with Gasteiger partial charge in [0, 0.05) is 18.4 Å². The van der Waals surface area contributed by atoms with Gasteiger partial charge in [-0.3, -0.25) is 9.59 Å². The van der Waals surface area contributed by atoms with Crippen LogP contribution >= 0.6 is 0 Å². The third-order valence-electron chi connectivity index (χ3n) is 6.07. The van der Waals surface area contributed by atoms with Crippen LogP contribution in [-0.4, -0.2) is 31.6 Å². The molecule has 2 aromatic carbocycles. The topological polar surface area (TPSA) is 94.8 Å². The second kappa shape index (κ2) is 12.2. The molecule has 0 bridgehead atoms. The average Bonchev–Trinajstić information content (AvgIpc) is 2.86. The van der Waals surface area contributed by atoms with Gasteiger partial charge in [0.05, 0.1) is 13.2 Å². The summed E-state index contributed by atoms with van der Waals surface area (Å²) in [7, 11) is 0. The molecule has 3 aromatic rings. The molecule has 186 valence electrons. The molecule has 0 aliphatic heterocycles. The Morgan fingerprint density at radius 1 is 1.00 bits per heavy atom. The number of benzene rings is 2. The highest BCUT2D eigenvalue weighted by atomic mass is 16.5. The van der Waals surface area contributed by atoms with E-state index >= 15 is 0 Å². The molecule has 1 aromatic heterocycles. The van der Waals surface area contributed by atoms with Crippen LogP contribution in [0.3, 0.4) is 0 Å². The van der Waals surface area contributed by atoms with Crippen LogP contribution in [0.1, 0.15) is 62.4 Å². The zero-order chi connectivity index (χ0) is 25.3. The molecule has 0 radical (unpaired) electrons. The first kappa shape index (κ1) is 26.0. The molecule has 1 amide bonds. The van der Waals surface area contributed by atoms with E-state index in [4.69, 9.17) is 13.9 Å².